The number of carbonyl (C=O) groups excluding carboxylic acids is 1. The van der Waals surface area contributed by atoms with Gasteiger partial charge in [0.15, 0.2) is 6.61 Å². The molecule has 0 amide bonds. The molecule has 0 saturated heterocycles. The van der Waals surface area contributed by atoms with Crippen molar-refractivity contribution in [2.45, 2.75) is 6.42 Å². The van der Waals surface area contributed by atoms with Crippen molar-refractivity contribution < 1.29 is 14.0 Å². The third-order valence-electron chi connectivity index (χ3n) is 2.37. The van der Waals surface area contributed by atoms with Gasteiger partial charge in [-0.1, -0.05) is 5.92 Å². The second kappa shape index (κ2) is 4.30. The van der Waals surface area contributed by atoms with Gasteiger partial charge in [0.2, 0.25) is 0 Å². The van der Waals surface area contributed by atoms with Crippen LogP contribution in [-0.2, 0) is 9.53 Å². The lowest BCUT2D eigenvalue weighted by molar-refractivity contribution is -0.885. The van der Waals surface area contributed by atoms with E-state index in [-0.39, 0.29) is 12.6 Å². The highest BCUT2D eigenvalue weighted by Gasteiger charge is 2.23. The highest BCUT2D eigenvalue weighted by Crippen LogP contribution is 2.15. The fourth-order valence-corrected chi connectivity index (χ4v) is 1.36. The van der Waals surface area contributed by atoms with Crippen molar-refractivity contribution in [2.75, 3.05) is 33.8 Å². The summed E-state index contributed by atoms with van der Waals surface area (Å²) in [6.07, 6.45) is 7.72. The van der Waals surface area contributed by atoms with Gasteiger partial charge in [-0.25, -0.2) is 4.79 Å². The van der Waals surface area contributed by atoms with Crippen LogP contribution >= 0.6 is 0 Å². The second-order valence-electron chi connectivity index (χ2n) is 4.10. The highest BCUT2D eigenvalue weighted by atomic mass is 16.5. The summed E-state index contributed by atoms with van der Waals surface area (Å²) in [6.45, 7) is 1.91. The van der Waals surface area contributed by atoms with E-state index in [0.29, 0.717) is 0 Å². The van der Waals surface area contributed by atoms with E-state index >= 15 is 0 Å². The minimum Gasteiger partial charge on any atom is -0.449 e. The van der Waals surface area contributed by atoms with Crippen LogP contribution in [-0.4, -0.2) is 44.2 Å². The molecule has 0 atom stereocenters. The van der Waals surface area contributed by atoms with E-state index in [0.717, 1.165) is 29.6 Å². The van der Waals surface area contributed by atoms with Crippen LogP contribution in [0.3, 0.4) is 0 Å². The largest absolute Gasteiger partial charge is 0.449 e. The van der Waals surface area contributed by atoms with Gasteiger partial charge in [-0.05, 0) is 6.08 Å². The molecule has 1 aliphatic rings. The second-order valence-corrected chi connectivity index (χ2v) is 4.10. The van der Waals surface area contributed by atoms with Gasteiger partial charge in [-0.15, -0.1) is 6.42 Å². The van der Waals surface area contributed by atoms with Crippen LogP contribution in [0.5, 0.6) is 0 Å². The van der Waals surface area contributed by atoms with E-state index < -0.39 is 0 Å². The van der Waals surface area contributed by atoms with E-state index in [9.17, 15) is 4.79 Å². The van der Waals surface area contributed by atoms with Crippen molar-refractivity contribution in [2.24, 2.45) is 0 Å². The first-order valence-electron chi connectivity index (χ1n) is 4.67. The third kappa shape index (κ3) is 2.90. The summed E-state index contributed by atoms with van der Waals surface area (Å²) >= 11 is 0. The number of terminal acetylenes is 1. The first-order valence-corrected chi connectivity index (χ1v) is 4.67. The van der Waals surface area contributed by atoms with Crippen LogP contribution in [0.1, 0.15) is 6.42 Å². The molecule has 0 fully saturated rings. The van der Waals surface area contributed by atoms with Gasteiger partial charge in [-0.2, -0.15) is 0 Å². The van der Waals surface area contributed by atoms with E-state index in [2.05, 4.69) is 20.0 Å². The fraction of sp³-hybridized carbons (Fsp3) is 0.545. The standard InChI is InChI=1S/C11H16NO2/c1-4-9-14-11(13)10-5-7-12(2,3)8-6-10/h1,5H,6-9H2,2-3H3/q+1. The van der Waals surface area contributed by atoms with Gasteiger partial charge in [-0.3, -0.25) is 0 Å². The Labute approximate surface area is 84.9 Å². The number of hydrogen-bond acceptors (Lipinski definition) is 2. The van der Waals surface area contributed by atoms with Crippen LogP contribution in [0, 0.1) is 12.3 Å². The maximum Gasteiger partial charge on any atom is 0.335 e. The maximum absolute atomic E-state index is 11.4. The number of rotatable bonds is 2. The van der Waals surface area contributed by atoms with Gasteiger partial charge in [0.05, 0.1) is 27.2 Å². The number of likely N-dealkylation sites (N-methyl/N-ethyl adjacent to an activating group) is 1. The number of carbonyl (C=O) groups is 1. The zero-order valence-electron chi connectivity index (χ0n) is 8.75. The van der Waals surface area contributed by atoms with E-state index in [4.69, 9.17) is 11.2 Å². The molecule has 3 heteroatoms. The van der Waals surface area contributed by atoms with Gasteiger partial charge < -0.3 is 9.22 Å². The highest BCUT2D eigenvalue weighted by molar-refractivity contribution is 5.88. The maximum atomic E-state index is 11.4. The Morgan fingerprint density at radius 2 is 2.43 bits per heavy atom. The predicted molar refractivity (Wildman–Crippen MR) is 54.3 cm³/mol. The quantitative estimate of drug-likeness (QED) is 0.365. The molecule has 1 rings (SSSR count). The van der Waals surface area contributed by atoms with Gasteiger partial charge >= 0.3 is 5.97 Å². The first kappa shape index (κ1) is 10.8. The van der Waals surface area contributed by atoms with Crippen molar-refractivity contribution in [3.05, 3.63) is 11.6 Å². The molecule has 0 aromatic carbocycles. The zero-order valence-corrected chi connectivity index (χ0v) is 8.75. The molecule has 3 nitrogen and oxygen atoms in total. The van der Waals surface area contributed by atoms with Gasteiger partial charge in [0, 0.05) is 12.0 Å². The first-order chi connectivity index (χ1) is 6.55. The number of esters is 1. The summed E-state index contributed by atoms with van der Waals surface area (Å²) < 4.78 is 5.77. The molecule has 0 N–H and O–H groups in total. The molecule has 0 bridgehead atoms. The van der Waals surface area contributed by atoms with Gasteiger partial charge in [0.25, 0.3) is 0 Å². The average molecular weight is 194 g/mol. The molecule has 1 heterocycles. The van der Waals surface area contributed by atoms with Crippen molar-refractivity contribution in [3.8, 4) is 12.3 Å². The summed E-state index contributed by atoms with van der Waals surface area (Å²) in [6, 6.07) is 0. The molecule has 1 aliphatic heterocycles. The Morgan fingerprint density at radius 3 is 2.93 bits per heavy atom. The normalized spacial score (nSPS) is 19.4. The van der Waals surface area contributed by atoms with Crippen molar-refractivity contribution in [3.63, 3.8) is 0 Å². The number of hydrogen-bond donors (Lipinski definition) is 0. The fourth-order valence-electron chi connectivity index (χ4n) is 1.36. The summed E-state index contributed by atoms with van der Waals surface area (Å²) in [5.74, 6) is 2.02. The van der Waals surface area contributed by atoms with E-state index in [1.54, 1.807) is 0 Å². The summed E-state index contributed by atoms with van der Waals surface area (Å²) in [7, 11) is 4.28. The van der Waals surface area contributed by atoms with Gasteiger partial charge in [0.1, 0.15) is 0 Å². The summed E-state index contributed by atoms with van der Waals surface area (Å²) in [5.41, 5.74) is 0.762. The van der Waals surface area contributed by atoms with E-state index in [1.165, 1.54) is 0 Å². The molecule has 14 heavy (non-hydrogen) atoms. The van der Waals surface area contributed by atoms with Crippen LogP contribution in [0.15, 0.2) is 11.6 Å². The lowest BCUT2D eigenvalue weighted by Crippen LogP contribution is -2.43. The molecule has 0 aromatic heterocycles. The van der Waals surface area contributed by atoms with Crippen LogP contribution in [0.4, 0.5) is 0 Å². The van der Waals surface area contributed by atoms with E-state index in [1.807, 2.05) is 6.08 Å². The molecular weight excluding hydrogens is 178 g/mol. The smallest absolute Gasteiger partial charge is 0.335 e. The molecule has 0 unspecified atom stereocenters. The SMILES string of the molecule is C#CCOC(=O)C1=CC[N+](C)(C)CC1. The predicted octanol–water partition coefficient (Wildman–Crippen LogP) is 0.569. The molecular formula is C11H16NO2+. The lowest BCUT2D eigenvalue weighted by Gasteiger charge is -2.32. The topological polar surface area (TPSA) is 26.3 Å². The molecule has 76 valence electrons. The minimum atomic E-state index is -0.261. The van der Waals surface area contributed by atoms with Crippen LogP contribution in [0.2, 0.25) is 0 Å². The molecule has 0 aromatic rings. The number of nitrogens with zero attached hydrogens (tertiary/aromatic N) is 1. The Morgan fingerprint density at radius 1 is 1.71 bits per heavy atom. The lowest BCUT2D eigenvalue weighted by atomic mass is 10.1. The zero-order chi connectivity index (χ0) is 10.6. The molecule has 0 aliphatic carbocycles. The van der Waals surface area contributed by atoms with Crippen molar-refractivity contribution >= 4 is 5.97 Å². The monoisotopic (exact) mass is 194 g/mol. The van der Waals surface area contributed by atoms with Crippen molar-refractivity contribution in [1.82, 2.24) is 0 Å². The molecule has 0 saturated carbocycles. The average Bonchev–Trinajstić information content (AvgIpc) is 2.14. The number of ether oxygens (including phenoxy) is 1. The summed E-state index contributed by atoms with van der Waals surface area (Å²) in [5, 5.41) is 0. The minimum absolute atomic E-state index is 0.0639. The van der Waals surface area contributed by atoms with Crippen LogP contribution in [0.25, 0.3) is 0 Å². The molecule has 0 radical (unpaired) electrons. The Bertz CT molecular complexity index is 297. The van der Waals surface area contributed by atoms with Crippen molar-refractivity contribution in [1.29, 1.82) is 0 Å². The Hall–Kier alpha value is -1.27. The summed E-state index contributed by atoms with van der Waals surface area (Å²) in [4.78, 5) is 11.4. The third-order valence-corrected chi connectivity index (χ3v) is 2.37. The Balaban J connectivity index is 2.52. The van der Waals surface area contributed by atoms with Crippen LogP contribution < -0.4 is 0 Å². The number of quaternary nitrogens is 1. The molecule has 0 spiro atoms. The Kier molecular flexibility index (Phi) is 3.32.